The van der Waals surface area contributed by atoms with Crippen molar-refractivity contribution in [3.8, 4) is 0 Å². The first-order valence-electron chi connectivity index (χ1n) is 6.28. The quantitative estimate of drug-likeness (QED) is 0.749. The molecule has 20 heavy (non-hydrogen) atoms. The summed E-state index contributed by atoms with van der Waals surface area (Å²) in [6, 6.07) is 10.1. The molecular formula is C14H15N5S. The van der Waals surface area contributed by atoms with Crippen molar-refractivity contribution in [2.24, 2.45) is 7.05 Å². The van der Waals surface area contributed by atoms with Gasteiger partial charge in [0.05, 0.1) is 5.52 Å². The third-order valence-corrected chi connectivity index (χ3v) is 4.31. The zero-order chi connectivity index (χ0) is 14.1. The molecule has 2 N–H and O–H groups in total. The third kappa shape index (κ3) is 2.34. The van der Waals surface area contributed by atoms with E-state index in [2.05, 4.69) is 21.2 Å². The number of rotatable bonds is 3. The van der Waals surface area contributed by atoms with Gasteiger partial charge in [-0.25, -0.2) is 4.98 Å². The van der Waals surface area contributed by atoms with E-state index >= 15 is 0 Å². The molecule has 6 heteroatoms. The molecule has 0 saturated carbocycles. The molecule has 1 aromatic carbocycles. The summed E-state index contributed by atoms with van der Waals surface area (Å²) in [7, 11) is 1.96. The number of para-hydroxylation sites is 1. The van der Waals surface area contributed by atoms with Crippen LogP contribution in [-0.2, 0) is 12.8 Å². The summed E-state index contributed by atoms with van der Waals surface area (Å²) < 4.78 is 1.97. The van der Waals surface area contributed by atoms with Crippen molar-refractivity contribution in [2.75, 3.05) is 5.73 Å². The molecule has 0 amide bonds. The van der Waals surface area contributed by atoms with Gasteiger partial charge < -0.3 is 10.3 Å². The maximum atomic E-state index is 6.03. The standard InChI is InChI=1S/C14H15N5S/c1-9-17-18-14(19(9)2)20-8-11-7-10-5-3-4-6-12(10)16-13(11)15/h3-7H,8H2,1-2H3,(H2,15,16). The van der Waals surface area contributed by atoms with Crippen LogP contribution in [0.15, 0.2) is 35.5 Å². The fourth-order valence-electron chi connectivity index (χ4n) is 1.95. The molecule has 102 valence electrons. The van der Waals surface area contributed by atoms with Crippen LogP contribution in [0.3, 0.4) is 0 Å². The molecule has 0 radical (unpaired) electrons. The average Bonchev–Trinajstić information content (AvgIpc) is 2.76. The van der Waals surface area contributed by atoms with E-state index in [1.807, 2.05) is 42.8 Å². The largest absolute Gasteiger partial charge is 0.383 e. The van der Waals surface area contributed by atoms with Gasteiger partial charge >= 0.3 is 0 Å². The summed E-state index contributed by atoms with van der Waals surface area (Å²) in [6.45, 7) is 1.93. The number of aromatic nitrogens is 4. The Kier molecular flexibility index (Phi) is 3.31. The Morgan fingerprint density at radius 1 is 1.25 bits per heavy atom. The number of anilines is 1. The maximum absolute atomic E-state index is 6.03. The lowest BCUT2D eigenvalue weighted by Crippen LogP contribution is -1.98. The molecule has 2 aromatic heterocycles. The van der Waals surface area contributed by atoms with Gasteiger partial charge in [0.1, 0.15) is 11.6 Å². The van der Waals surface area contributed by atoms with Crippen molar-refractivity contribution >= 4 is 28.5 Å². The fraction of sp³-hybridized carbons (Fsp3) is 0.214. The Bertz CT molecular complexity index is 765. The minimum atomic E-state index is 0.579. The Balaban J connectivity index is 1.87. The van der Waals surface area contributed by atoms with Crippen LogP contribution in [0.5, 0.6) is 0 Å². The predicted molar refractivity (Wildman–Crippen MR) is 81.5 cm³/mol. The van der Waals surface area contributed by atoms with Gasteiger partial charge in [-0.3, -0.25) is 0 Å². The highest BCUT2D eigenvalue weighted by molar-refractivity contribution is 7.98. The minimum absolute atomic E-state index is 0.579. The Labute approximate surface area is 121 Å². The molecular weight excluding hydrogens is 270 g/mol. The zero-order valence-electron chi connectivity index (χ0n) is 11.4. The Morgan fingerprint density at radius 3 is 2.80 bits per heavy atom. The monoisotopic (exact) mass is 285 g/mol. The summed E-state index contributed by atoms with van der Waals surface area (Å²) in [4.78, 5) is 4.44. The molecule has 3 rings (SSSR count). The Hall–Kier alpha value is -2.08. The second-order valence-corrected chi connectivity index (χ2v) is 5.55. The highest BCUT2D eigenvalue weighted by Crippen LogP contribution is 2.26. The van der Waals surface area contributed by atoms with Gasteiger partial charge in [-0.2, -0.15) is 0 Å². The van der Waals surface area contributed by atoms with Crippen LogP contribution in [-0.4, -0.2) is 19.7 Å². The van der Waals surface area contributed by atoms with Gasteiger partial charge in [-0.05, 0) is 19.1 Å². The number of nitrogen functional groups attached to an aromatic ring is 1. The van der Waals surface area contributed by atoms with E-state index in [-0.39, 0.29) is 0 Å². The molecule has 2 heterocycles. The first-order valence-corrected chi connectivity index (χ1v) is 7.26. The van der Waals surface area contributed by atoms with Crippen molar-refractivity contribution in [3.05, 3.63) is 41.7 Å². The van der Waals surface area contributed by atoms with Gasteiger partial charge in [0.2, 0.25) is 0 Å². The number of nitrogens with zero attached hydrogens (tertiary/aromatic N) is 4. The number of hydrogen-bond acceptors (Lipinski definition) is 5. The summed E-state index contributed by atoms with van der Waals surface area (Å²) in [5.74, 6) is 2.21. The molecule has 0 aliphatic rings. The molecule has 0 fully saturated rings. The van der Waals surface area contributed by atoms with Crippen LogP contribution < -0.4 is 5.73 Å². The van der Waals surface area contributed by atoms with E-state index in [1.54, 1.807) is 11.8 Å². The molecule has 0 aliphatic heterocycles. The highest BCUT2D eigenvalue weighted by atomic mass is 32.2. The Morgan fingerprint density at radius 2 is 2.05 bits per heavy atom. The van der Waals surface area contributed by atoms with Crippen molar-refractivity contribution in [3.63, 3.8) is 0 Å². The highest BCUT2D eigenvalue weighted by Gasteiger charge is 2.09. The van der Waals surface area contributed by atoms with Crippen LogP contribution in [0.2, 0.25) is 0 Å². The number of thioether (sulfide) groups is 1. The number of pyridine rings is 1. The van der Waals surface area contributed by atoms with Gasteiger partial charge in [-0.15, -0.1) is 10.2 Å². The molecule has 0 atom stereocenters. The lowest BCUT2D eigenvalue weighted by Gasteiger charge is -2.07. The summed E-state index contributed by atoms with van der Waals surface area (Å²) in [5, 5.41) is 10.2. The predicted octanol–water partition coefficient (Wildman–Crippen LogP) is 2.55. The zero-order valence-corrected chi connectivity index (χ0v) is 12.2. The summed E-state index contributed by atoms with van der Waals surface area (Å²) in [6.07, 6.45) is 0. The molecule has 0 aliphatic carbocycles. The average molecular weight is 285 g/mol. The van der Waals surface area contributed by atoms with Crippen LogP contribution >= 0.6 is 11.8 Å². The van der Waals surface area contributed by atoms with Gasteiger partial charge in [-0.1, -0.05) is 30.0 Å². The fourth-order valence-corrected chi connectivity index (χ4v) is 2.89. The minimum Gasteiger partial charge on any atom is -0.383 e. The van der Waals surface area contributed by atoms with Crippen molar-refractivity contribution < 1.29 is 0 Å². The number of aryl methyl sites for hydroxylation is 1. The van der Waals surface area contributed by atoms with E-state index in [0.717, 1.165) is 33.2 Å². The van der Waals surface area contributed by atoms with E-state index in [0.29, 0.717) is 5.82 Å². The van der Waals surface area contributed by atoms with E-state index < -0.39 is 0 Å². The summed E-state index contributed by atoms with van der Waals surface area (Å²) >= 11 is 1.61. The van der Waals surface area contributed by atoms with Gasteiger partial charge in [0, 0.05) is 23.8 Å². The molecule has 5 nitrogen and oxygen atoms in total. The van der Waals surface area contributed by atoms with Crippen LogP contribution in [0.1, 0.15) is 11.4 Å². The van der Waals surface area contributed by atoms with E-state index in [9.17, 15) is 0 Å². The number of nitrogens with two attached hydrogens (primary N) is 1. The summed E-state index contributed by atoms with van der Waals surface area (Å²) in [5.41, 5.74) is 7.97. The third-order valence-electron chi connectivity index (χ3n) is 3.25. The van der Waals surface area contributed by atoms with Crippen LogP contribution in [0, 0.1) is 6.92 Å². The van der Waals surface area contributed by atoms with Gasteiger partial charge in [0.15, 0.2) is 5.16 Å². The lowest BCUT2D eigenvalue weighted by atomic mass is 10.1. The van der Waals surface area contributed by atoms with E-state index in [1.165, 1.54) is 0 Å². The second-order valence-electron chi connectivity index (χ2n) is 4.60. The second kappa shape index (κ2) is 5.13. The SMILES string of the molecule is Cc1nnc(SCc2cc3ccccc3nc2N)n1C. The molecule has 0 spiro atoms. The van der Waals surface area contributed by atoms with Crippen molar-refractivity contribution in [1.82, 2.24) is 19.7 Å². The van der Waals surface area contributed by atoms with E-state index in [4.69, 9.17) is 5.73 Å². The topological polar surface area (TPSA) is 69.6 Å². The molecule has 3 aromatic rings. The lowest BCUT2D eigenvalue weighted by molar-refractivity contribution is 0.765. The molecule has 0 saturated heterocycles. The van der Waals surface area contributed by atoms with Crippen LogP contribution in [0.25, 0.3) is 10.9 Å². The number of fused-ring (bicyclic) bond motifs is 1. The van der Waals surface area contributed by atoms with Gasteiger partial charge in [0.25, 0.3) is 0 Å². The first kappa shape index (κ1) is 12.9. The number of benzene rings is 1. The van der Waals surface area contributed by atoms with Crippen molar-refractivity contribution in [1.29, 1.82) is 0 Å². The maximum Gasteiger partial charge on any atom is 0.191 e. The number of hydrogen-bond donors (Lipinski definition) is 1. The smallest absolute Gasteiger partial charge is 0.191 e. The van der Waals surface area contributed by atoms with Crippen LogP contribution in [0.4, 0.5) is 5.82 Å². The normalized spacial score (nSPS) is 11.1. The van der Waals surface area contributed by atoms with Crippen molar-refractivity contribution in [2.45, 2.75) is 17.8 Å². The molecule has 0 unspecified atom stereocenters. The molecule has 0 bridgehead atoms. The first-order chi connectivity index (χ1) is 9.65.